The second-order valence-corrected chi connectivity index (χ2v) is 4.71. The van der Waals surface area contributed by atoms with Gasteiger partial charge in [-0.15, -0.1) is 0 Å². The van der Waals surface area contributed by atoms with E-state index in [0.717, 1.165) is 25.9 Å². The smallest absolute Gasteiger partial charge is 0.0510 e. The van der Waals surface area contributed by atoms with Gasteiger partial charge in [0.1, 0.15) is 0 Å². The first-order valence-electron chi connectivity index (χ1n) is 5.89. The lowest BCUT2D eigenvalue weighted by molar-refractivity contribution is 0.0117. The molecule has 0 amide bonds. The van der Waals surface area contributed by atoms with Crippen LogP contribution in [-0.2, 0) is 4.74 Å². The topological polar surface area (TPSA) is 49.7 Å². The van der Waals surface area contributed by atoms with Crippen molar-refractivity contribution < 1.29 is 14.9 Å². The minimum Gasteiger partial charge on any atom is -0.396 e. The Labute approximate surface area is 93.5 Å². The van der Waals surface area contributed by atoms with Crippen molar-refractivity contribution in [3.8, 4) is 0 Å². The van der Waals surface area contributed by atoms with E-state index in [4.69, 9.17) is 4.74 Å². The van der Waals surface area contributed by atoms with Crippen molar-refractivity contribution in [1.29, 1.82) is 0 Å². The molecule has 0 saturated carbocycles. The van der Waals surface area contributed by atoms with Gasteiger partial charge in [0.2, 0.25) is 0 Å². The van der Waals surface area contributed by atoms with Crippen LogP contribution >= 0.6 is 0 Å². The highest BCUT2D eigenvalue weighted by Gasteiger charge is 2.25. The first-order valence-corrected chi connectivity index (χ1v) is 5.89. The van der Waals surface area contributed by atoms with Crippen LogP contribution in [0.25, 0.3) is 0 Å². The number of aliphatic hydroxyl groups is 2. The van der Waals surface area contributed by atoms with Crippen molar-refractivity contribution >= 4 is 0 Å². The zero-order chi connectivity index (χ0) is 11.7. The van der Waals surface area contributed by atoms with Gasteiger partial charge in [-0.2, -0.15) is 0 Å². The summed E-state index contributed by atoms with van der Waals surface area (Å²) >= 11 is 0. The molecular weight excluding hydrogens is 192 g/mol. The second-order valence-electron chi connectivity index (χ2n) is 4.71. The summed E-state index contributed by atoms with van der Waals surface area (Å²) in [6.07, 6.45) is 2.58. The molecule has 0 spiro atoms. The third-order valence-corrected chi connectivity index (χ3v) is 3.04. The molecule has 0 unspecified atom stereocenters. The summed E-state index contributed by atoms with van der Waals surface area (Å²) in [4.78, 5) is 0. The lowest BCUT2D eigenvalue weighted by Crippen LogP contribution is -2.30. The van der Waals surface area contributed by atoms with Gasteiger partial charge < -0.3 is 14.9 Å². The van der Waals surface area contributed by atoms with Gasteiger partial charge >= 0.3 is 0 Å². The lowest BCUT2D eigenvalue weighted by Gasteiger charge is -2.28. The fourth-order valence-corrected chi connectivity index (χ4v) is 1.32. The number of hydrogen-bond acceptors (Lipinski definition) is 3. The minimum absolute atomic E-state index is 0.0353. The SMILES string of the molecule is CCC(CO)(CO)CCOCCC(C)C. The van der Waals surface area contributed by atoms with Crippen molar-refractivity contribution in [2.45, 2.75) is 40.0 Å². The van der Waals surface area contributed by atoms with E-state index in [1.54, 1.807) is 0 Å². The molecule has 0 bridgehead atoms. The molecule has 3 nitrogen and oxygen atoms in total. The number of rotatable bonds is 9. The van der Waals surface area contributed by atoms with Gasteiger partial charge in [0.05, 0.1) is 13.2 Å². The van der Waals surface area contributed by atoms with E-state index in [1.165, 1.54) is 0 Å². The van der Waals surface area contributed by atoms with Crippen LogP contribution in [0.5, 0.6) is 0 Å². The molecule has 0 heterocycles. The Morgan fingerprint density at radius 3 is 2.13 bits per heavy atom. The average molecular weight is 218 g/mol. The lowest BCUT2D eigenvalue weighted by atomic mass is 9.84. The zero-order valence-corrected chi connectivity index (χ0v) is 10.3. The van der Waals surface area contributed by atoms with Crippen molar-refractivity contribution in [2.24, 2.45) is 11.3 Å². The first-order chi connectivity index (χ1) is 7.10. The molecule has 0 saturated heterocycles. The average Bonchev–Trinajstić information content (AvgIpc) is 2.24. The third kappa shape index (κ3) is 6.13. The maximum absolute atomic E-state index is 9.21. The highest BCUT2D eigenvalue weighted by molar-refractivity contribution is 4.75. The first kappa shape index (κ1) is 14.9. The maximum atomic E-state index is 9.21. The Balaban J connectivity index is 3.63. The molecule has 0 aromatic carbocycles. The molecule has 0 rings (SSSR count). The molecule has 92 valence electrons. The number of aliphatic hydroxyl groups excluding tert-OH is 2. The van der Waals surface area contributed by atoms with Gasteiger partial charge in [0, 0.05) is 18.6 Å². The third-order valence-electron chi connectivity index (χ3n) is 3.04. The number of hydrogen-bond donors (Lipinski definition) is 2. The van der Waals surface area contributed by atoms with Crippen LogP contribution in [0, 0.1) is 11.3 Å². The quantitative estimate of drug-likeness (QED) is 0.580. The normalized spacial score (nSPS) is 12.4. The van der Waals surface area contributed by atoms with Crippen LogP contribution in [0.1, 0.15) is 40.0 Å². The Kier molecular flexibility index (Phi) is 8.02. The van der Waals surface area contributed by atoms with E-state index in [-0.39, 0.29) is 18.6 Å². The van der Waals surface area contributed by atoms with Crippen LogP contribution in [-0.4, -0.2) is 36.6 Å². The fraction of sp³-hybridized carbons (Fsp3) is 1.00. The highest BCUT2D eigenvalue weighted by atomic mass is 16.5. The molecule has 0 fully saturated rings. The van der Waals surface area contributed by atoms with E-state index in [9.17, 15) is 10.2 Å². The minimum atomic E-state index is -0.349. The molecule has 15 heavy (non-hydrogen) atoms. The van der Waals surface area contributed by atoms with Crippen LogP contribution in [0.2, 0.25) is 0 Å². The van der Waals surface area contributed by atoms with Crippen molar-refractivity contribution in [3.05, 3.63) is 0 Å². The van der Waals surface area contributed by atoms with E-state index in [1.807, 2.05) is 6.92 Å². The van der Waals surface area contributed by atoms with Gasteiger partial charge in [-0.05, 0) is 25.2 Å². The van der Waals surface area contributed by atoms with Crippen molar-refractivity contribution in [2.75, 3.05) is 26.4 Å². The second kappa shape index (κ2) is 8.08. The van der Waals surface area contributed by atoms with Gasteiger partial charge in [-0.1, -0.05) is 20.8 Å². The fourth-order valence-electron chi connectivity index (χ4n) is 1.32. The Hall–Kier alpha value is -0.120. The number of ether oxygens (including phenoxy) is 1. The molecule has 0 aliphatic rings. The molecule has 0 aromatic heterocycles. The van der Waals surface area contributed by atoms with Crippen LogP contribution in [0.15, 0.2) is 0 Å². The predicted octanol–water partition coefficient (Wildman–Crippen LogP) is 1.82. The van der Waals surface area contributed by atoms with E-state index < -0.39 is 0 Å². The predicted molar refractivity (Wildman–Crippen MR) is 61.8 cm³/mol. The molecule has 0 atom stereocenters. The van der Waals surface area contributed by atoms with Gasteiger partial charge in [0.15, 0.2) is 0 Å². The summed E-state index contributed by atoms with van der Waals surface area (Å²) < 4.78 is 5.48. The monoisotopic (exact) mass is 218 g/mol. The van der Waals surface area contributed by atoms with E-state index >= 15 is 0 Å². The van der Waals surface area contributed by atoms with Crippen LogP contribution in [0.4, 0.5) is 0 Å². The molecule has 3 heteroatoms. The molecule has 0 radical (unpaired) electrons. The summed E-state index contributed by atoms with van der Waals surface area (Å²) in [6, 6.07) is 0. The highest BCUT2D eigenvalue weighted by Crippen LogP contribution is 2.24. The Morgan fingerprint density at radius 2 is 1.73 bits per heavy atom. The largest absolute Gasteiger partial charge is 0.396 e. The van der Waals surface area contributed by atoms with Crippen molar-refractivity contribution in [3.63, 3.8) is 0 Å². The standard InChI is InChI=1S/C12H26O3/c1-4-12(9-13,10-14)6-8-15-7-5-11(2)3/h11,13-14H,4-10H2,1-3H3. The van der Waals surface area contributed by atoms with Crippen LogP contribution < -0.4 is 0 Å². The van der Waals surface area contributed by atoms with E-state index in [2.05, 4.69) is 13.8 Å². The van der Waals surface area contributed by atoms with Gasteiger partial charge in [-0.3, -0.25) is 0 Å². The molecule has 0 aliphatic heterocycles. The van der Waals surface area contributed by atoms with Crippen LogP contribution in [0.3, 0.4) is 0 Å². The van der Waals surface area contributed by atoms with Gasteiger partial charge in [0.25, 0.3) is 0 Å². The zero-order valence-electron chi connectivity index (χ0n) is 10.3. The van der Waals surface area contributed by atoms with Gasteiger partial charge in [-0.25, -0.2) is 0 Å². The summed E-state index contributed by atoms with van der Waals surface area (Å²) in [7, 11) is 0. The Bertz CT molecular complexity index is 134. The molecule has 0 aliphatic carbocycles. The van der Waals surface area contributed by atoms with Crippen molar-refractivity contribution in [1.82, 2.24) is 0 Å². The molecular formula is C12H26O3. The van der Waals surface area contributed by atoms with E-state index in [0.29, 0.717) is 12.5 Å². The summed E-state index contributed by atoms with van der Waals surface area (Å²) in [5.41, 5.74) is -0.349. The molecule has 0 aromatic rings. The summed E-state index contributed by atoms with van der Waals surface area (Å²) in [5, 5.41) is 18.4. The summed E-state index contributed by atoms with van der Waals surface area (Å²) in [5.74, 6) is 0.664. The maximum Gasteiger partial charge on any atom is 0.0510 e. The summed E-state index contributed by atoms with van der Waals surface area (Å²) in [6.45, 7) is 7.79. The molecule has 2 N–H and O–H groups in total. The Morgan fingerprint density at radius 1 is 1.13 bits per heavy atom.